The molecule has 0 radical (unpaired) electrons. The van der Waals surface area contributed by atoms with Gasteiger partial charge < -0.3 is 9.30 Å². The summed E-state index contributed by atoms with van der Waals surface area (Å²) in [7, 11) is 0. The SMILES string of the molecule is CCn1c(CCC(=O)COc2ccc(C(C)C)cc2)ccc1CCC(=O)Cc1ccc(C)cc1. The number of hydrogen-bond acceptors (Lipinski definition) is 3. The molecule has 1 aromatic heterocycles. The molecule has 0 saturated heterocycles. The first-order chi connectivity index (χ1) is 16.4. The molecule has 0 N–H and O–H groups in total. The standard InChI is InChI=1S/C30H37NO3/c1-5-31-26(14-16-28(32)20-24-8-6-23(4)7-9-24)12-13-27(31)15-17-29(33)21-34-30-18-10-25(11-19-30)22(2)3/h6-13,18-19,22H,5,14-17,20-21H2,1-4H3. The molecule has 34 heavy (non-hydrogen) atoms. The van der Waals surface area contributed by atoms with E-state index in [1.807, 2.05) is 55.5 Å². The number of hydrogen-bond donors (Lipinski definition) is 0. The van der Waals surface area contributed by atoms with E-state index in [0.717, 1.165) is 35.7 Å². The Kier molecular flexibility index (Phi) is 9.26. The van der Waals surface area contributed by atoms with E-state index in [4.69, 9.17) is 4.74 Å². The quantitative estimate of drug-likeness (QED) is 0.303. The van der Waals surface area contributed by atoms with Crippen LogP contribution in [-0.2, 0) is 35.4 Å². The van der Waals surface area contributed by atoms with Crippen LogP contribution >= 0.6 is 0 Å². The largest absolute Gasteiger partial charge is 0.486 e. The summed E-state index contributed by atoms with van der Waals surface area (Å²) >= 11 is 0. The Bertz CT molecular complexity index is 1080. The molecule has 0 atom stereocenters. The highest BCUT2D eigenvalue weighted by Gasteiger charge is 2.12. The molecular formula is C30H37NO3. The Morgan fingerprint density at radius 3 is 1.97 bits per heavy atom. The Labute approximate surface area is 204 Å². The van der Waals surface area contributed by atoms with Gasteiger partial charge in [-0.05, 0) is 68.0 Å². The molecule has 4 nitrogen and oxygen atoms in total. The maximum atomic E-state index is 12.5. The van der Waals surface area contributed by atoms with Crippen LogP contribution in [0.2, 0.25) is 0 Å². The highest BCUT2D eigenvalue weighted by Crippen LogP contribution is 2.19. The molecule has 0 amide bonds. The number of ether oxygens (including phenoxy) is 1. The molecular weight excluding hydrogens is 422 g/mol. The van der Waals surface area contributed by atoms with E-state index in [9.17, 15) is 9.59 Å². The second-order valence-electron chi connectivity index (χ2n) is 9.31. The molecule has 2 aromatic carbocycles. The number of benzene rings is 2. The lowest BCUT2D eigenvalue weighted by molar-refractivity contribution is -0.121. The molecule has 4 heteroatoms. The van der Waals surface area contributed by atoms with E-state index in [1.54, 1.807) is 0 Å². The van der Waals surface area contributed by atoms with Crippen molar-refractivity contribution in [3.8, 4) is 5.75 Å². The van der Waals surface area contributed by atoms with E-state index in [2.05, 4.69) is 37.5 Å². The van der Waals surface area contributed by atoms with Crippen LogP contribution < -0.4 is 4.74 Å². The van der Waals surface area contributed by atoms with Crippen LogP contribution in [0.5, 0.6) is 5.75 Å². The minimum atomic E-state index is 0.0895. The first-order valence-electron chi connectivity index (χ1n) is 12.3. The molecule has 0 spiro atoms. The summed E-state index contributed by atoms with van der Waals surface area (Å²) in [5.41, 5.74) is 5.82. The maximum Gasteiger partial charge on any atom is 0.170 e. The van der Waals surface area contributed by atoms with Crippen LogP contribution in [0.1, 0.15) is 67.6 Å². The minimum Gasteiger partial charge on any atom is -0.486 e. The van der Waals surface area contributed by atoms with Crippen molar-refractivity contribution < 1.29 is 14.3 Å². The van der Waals surface area contributed by atoms with Gasteiger partial charge in [0.05, 0.1) is 0 Å². The van der Waals surface area contributed by atoms with Crippen LogP contribution in [0.4, 0.5) is 0 Å². The van der Waals surface area contributed by atoms with Crippen LogP contribution in [-0.4, -0.2) is 22.7 Å². The van der Waals surface area contributed by atoms with Gasteiger partial charge in [0.15, 0.2) is 5.78 Å². The zero-order valence-corrected chi connectivity index (χ0v) is 21.0. The molecule has 0 aliphatic heterocycles. The number of aromatic nitrogens is 1. The zero-order valence-electron chi connectivity index (χ0n) is 21.0. The molecule has 0 bridgehead atoms. The van der Waals surface area contributed by atoms with Gasteiger partial charge in [0.2, 0.25) is 0 Å². The maximum absolute atomic E-state index is 12.5. The van der Waals surface area contributed by atoms with Gasteiger partial charge in [-0.25, -0.2) is 0 Å². The van der Waals surface area contributed by atoms with E-state index in [1.165, 1.54) is 11.1 Å². The van der Waals surface area contributed by atoms with Crippen molar-refractivity contribution in [3.63, 3.8) is 0 Å². The van der Waals surface area contributed by atoms with Gasteiger partial charge in [-0.15, -0.1) is 0 Å². The molecule has 3 aromatic rings. The summed E-state index contributed by atoms with van der Waals surface area (Å²) in [6.45, 7) is 9.38. The van der Waals surface area contributed by atoms with E-state index in [0.29, 0.717) is 31.6 Å². The average molecular weight is 460 g/mol. The first-order valence-corrected chi connectivity index (χ1v) is 12.3. The average Bonchev–Trinajstić information content (AvgIpc) is 3.23. The van der Waals surface area contributed by atoms with E-state index >= 15 is 0 Å². The van der Waals surface area contributed by atoms with Crippen molar-refractivity contribution >= 4 is 11.6 Å². The summed E-state index contributed by atoms with van der Waals surface area (Å²) < 4.78 is 7.91. The second kappa shape index (κ2) is 12.4. The molecule has 3 rings (SSSR count). The van der Waals surface area contributed by atoms with Gasteiger partial charge in [-0.3, -0.25) is 9.59 Å². The number of aryl methyl sites for hydroxylation is 3. The first kappa shape index (κ1) is 25.5. The summed E-state index contributed by atoms with van der Waals surface area (Å²) in [6.07, 6.45) is 2.86. The van der Waals surface area contributed by atoms with Crippen molar-refractivity contribution in [2.45, 2.75) is 72.3 Å². The molecule has 0 unspecified atom stereocenters. The Balaban J connectivity index is 1.46. The Morgan fingerprint density at radius 2 is 1.41 bits per heavy atom. The van der Waals surface area contributed by atoms with E-state index in [-0.39, 0.29) is 18.2 Å². The molecule has 0 aliphatic carbocycles. The van der Waals surface area contributed by atoms with Crippen molar-refractivity contribution in [2.75, 3.05) is 6.61 Å². The third-order valence-corrected chi connectivity index (χ3v) is 6.27. The summed E-state index contributed by atoms with van der Waals surface area (Å²) in [4.78, 5) is 24.9. The molecule has 0 aliphatic rings. The Morgan fingerprint density at radius 1 is 0.824 bits per heavy atom. The number of nitrogens with zero attached hydrogens (tertiary/aromatic N) is 1. The normalized spacial score (nSPS) is 11.1. The topological polar surface area (TPSA) is 48.3 Å². The number of Topliss-reactive ketones (excluding diaryl/α,β-unsaturated/α-hetero) is 2. The van der Waals surface area contributed by atoms with Gasteiger partial charge in [-0.2, -0.15) is 0 Å². The number of carbonyl (C=O) groups excluding carboxylic acids is 2. The lowest BCUT2D eigenvalue weighted by Gasteiger charge is -2.12. The monoisotopic (exact) mass is 459 g/mol. The van der Waals surface area contributed by atoms with Crippen LogP contribution in [0.25, 0.3) is 0 Å². The third kappa shape index (κ3) is 7.44. The van der Waals surface area contributed by atoms with Crippen molar-refractivity contribution in [3.05, 3.63) is 88.7 Å². The smallest absolute Gasteiger partial charge is 0.170 e. The zero-order chi connectivity index (χ0) is 24.5. The minimum absolute atomic E-state index is 0.0895. The molecule has 0 saturated carbocycles. The van der Waals surface area contributed by atoms with E-state index < -0.39 is 0 Å². The predicted molar refractivity (Wildman–Crippen MR) is 138 cm³/mol. The van der Waals surface area contributed by atoms with Crippen molar-refractivity contribution in [1.82, 2.24) is 4.57 Å². The van der Waals surface area contributed by atoms with Crippen molar-refractivity contribution in [2.24, 2.45) is 0 Å². The molecule has 180 valence electrons. The van der Waals surface area contributed by atoms with Gasteiger partial charge in [0, 0.05) is 37.2 Å². The predicted octanol–water partition coefficient (Wildman–Crippen LogP) is 6.26. The molecule has 0 fully saturated rings. The Hall–Kier alpha value is -3.14. The number of ketones is 2. The summed E-state index contributed by atoms with van der Waals surface area (Å²) in [6, 6.07) is 20.3. The fourth-order valence-corrected chi connectivity index (χ4v) is 4.14. The van der Waals surface area contributed by atoms with Gasteiger partial charge >= 0.3 is 0 Å². The van der Waals surface area contributed by atoms with Crippen LogP contribution in [0.15, 0.2) is 60.7 Å². The van der Waals surface area contributed by atoms with Crippen LogP contribution in [0.3, 0.4) is 0 Å². The highest BCUT2D eigenvalue weighted by molar-refractivity contribution is 5.81. The lowest BCUT2D eigenvalue weighted by atomic mass is 10.0. The third-order valence-electron chi connectivity index (χ3n) is 6.27. The van der Waals surface area contributed by atoms with Gasteiger partial charge in [-0.1, -0.05) is 55.8 Å². The van der Waals surface area contributed by atoms with Gasteiger partial charge in [0.1, 0.15) is 18.1 Å². The summed E-state index contributed by atoms with van der Waals surface area (Å²) in [5, 5.41) is 0. The molecule has 1 heterocycles. The fraction of sp³-hybridized carbons (Fsp3) is 0.400. The van der Waals surface area contributed by atoms with Gasteiger partial charge in [0.25, 0.3) is 0 Å². The lowest BCUT2D eigenvalue weighted by Crippen LogP contribution is -2.14. The fourth-order valence-electron chi connectivity index (χ4n) is 4.14. The second-order valence-corrected chi connectivity index (χ2v) is 9.31. The number of rotatable bonds is 13. The highest BCUT2D eigenvalue weighted by atomic mass is 16.5. The number of carbonyl (C=O) groups is 2. The van der Waals surface area contributed by atoms with Crippen molar-refractivity contribution in [1.29, 1.82) is 0 Å². The summed E-state index contributed by atoms with van der Waals surface area (Å²) in [5.74, 6) is 1.54. The van der Waals surface area contributed by atoms with Crippen LogP contribution in [0, 0.1) is 6.92 Å².